The molecule has 0 aliphatic rings. The lowest BCUT2D eigenvalue weighted by atomic mass is 10.0. The minimum atomic E-state index is -0.536. The predicted octanol–water partition coefficient (Wildman–Crippen LogP) is 4.26. The van der Waals surface area contributed by atoms with Gasteiger partial charge in [-0.25, -0.2) is 4.39 Å². The van der Waals surface area contributed by atoms with Crippen molar-refractivity contribution >= 4 is 28.3 Å². The minimum absolute atomic E-state index is 0.0571. The first kappa shape index (κ1) is 12.8. The molecule has 0 aliphatic heterocycles. The number of halogens is 2. The molecule has 4 heteroatoms. The first-order chi connectivity index (χ1) is 9.65. The number of aromatic nitrogens is 1. The summed E-state index contributed by atoms with van der Waals surface area (Å²) >= 11 is 5.70. The summed E-state index contributed by atoms with van der Waals surface area (Å²) in [5.41, 5.74) is 1.70. The number of carbonyl (C=O) groups is 1. The molecule has 20 heavy (non-hydrogen) atoms. The molecule has 0 spiro atoms. The van der Waals surface area contributed by atoms with E-state index in [9.17, 15) is 9.18 Å². The van der Waals surface area contributed by atoms with E-state index in [1.165, 1.54) is 18.2 Å². The van der Waals surface area contributed by atoms with E-state index in [4.69, 9.17) is 11.6 Å². The molecule has 98 valence electrons. The number of pyridine rings is 1. The van der Waals surface area contributed by atoms with Gasteiger partial charge >= 0.3 is 0 Å². The van der Waals surface area contributed by atoms with Crippen LogP contribution in [-0.2, 0) is 0 Å². The van der Waals surface area contributed by atoms with Gasteiger partial charge in [0.25, 0.3) is 0 Å². The smallest absolute Gasteiger partial charge is 0.193 e. The van der Waals surface area contributed by atoms with Crippen LogP contribution in [0.4, 0.5) is 4.39 Å². The maximum absolute atomic E-state index is 13.1. The Morgan fingerprint density at radius 3 is 2.60 bits per heavy atom. The topological polar surface area (TPSA) is 30.0 Å². The summed E-state index contributed by atoms with van der Waals surface area (Å²) in [6.45, 7) is 0. The van der Waals surface area contributed by atoms with E-state index in [0.717, 1.165) is 10.9 Å². The van der Waals surface area contributed by atoms with E-state index in [1.807, 2.05) is 12.1 Å². The molecule has 0 unspecified atom stereocenters. The Kier molecular flexibility index (Phi) is 3.20. The molecule has 2 nitrogen and oxygen atoms in total. The zero-order valence-corrected chi connectivity index (χ0v) is 11.1. The van der Waals surface area contributed by atoms with E-state index in [-0.39, 0.29) is 10.8 Å². The normalized spacial score (nSPS) is 10.7. The van der Waals surface area contributed by atoms with Crippen molar-refractivity contribution in [2.24, 2.45) is 0 Å². The molecule has 0 atom stereocenters. The molecular weight excluding hydrogens is 277 g/mol. The second kappa shape index (κ2) is 5.02. The van der Waals surface area contributed by atoms with Gasteiger partial charge in [0, 0.05) is 22.7 Å². The fourth-order valence-corrected chi connectivity index (χ4v) is 2.20. The van der Waals surface area contributed by atoms with Gasteiger partial charge in [-0.05, 0) is 42.5 Å². The minimum Gasteiger partial charge on any atom is -0.289 e. The van der Waals surface area contributed by atoms with Crippen LogP contribution in [0.2, 0.25) is 5.02 Å². The van der Waals surface area contributed by atoms with Crippen molar-refractivity contribution < 1.29 is 9.18 Å². The van der Waals surface area contributed by atoms with Crippen molar-refractivity contribution in [2.45, 2.75) is 0 Å². The van der Waals surface area contributed by atoms with Crippen LogP contribution >= 0.6 is 11.6 Å². The number of benzene rings is 2. The summed E-state index contributed by atoms with van der Waals surface area (Å²) in [4.78, 5) is 16.6. The molecule has 0 saturated carbocycles. The third-order valence-corrected chi connectivity index (χ3v) is 3.34. The average molecular weight is 286 g/mol. The molecule has 0 radical (unpaired) electrons. The molecule has 0 bridgehead atoms. The highest BCUT2D eigenvalue weighted by Gasteiger charge is 2.11. The zero-order chi connectivity index (χ0) is 14.1. The SMILES string of the molecule is O=C(c1ccc(F)c(Cl)c1)c1ccc2ncccc2c1. The van der Waals surface area contributed by atoms with Gasteiger partial charge in [-0.15, -0.1) is 0 Å². The van der Waals surface area contributed by atoms with E-state index < -0.39 is 5.82 Å². The summed E-state index contributed by atoms with van der Waals surface area (Å²) in [5.74, 6) is -0.733. The van der Waals surface area contributed by atoms with Crippen LogP contribution in [0.15, 0.2) is 54.7 Å². The standard InChI is InChI=1S/C16H9ClFNO/c17-13-9-12(3-5-14(13)18)16(20)11-4-6-15-10(8-11)2-1-7-19-15/h1-9H. The monoisotopic (exact) mass is 285 g/mol. The molecule has 0 N–H and O–H groups in total. The highest BCUT2D eigenvalue weighted by Crippen LogP contribution is 2.20. The van der Waals surface area contributed by atoms with E-state index in [0.29, 0.717) is 11.1 Å². The van der Waals surface area contributed by atoms with Gasteiger partial charge < -0.3 is 0 Å². The highest BCUT2D eigenvalue weighted by molar-refractivity contribution is 6.31. The third kappa shape index (κ3) is 2.28. The first-order valence-electron chi connectivity index (χ1n) is 6.00. The van der Waals surface area contributed by atoms with Crippen LogP contribution in [0, 0.1) is 5.82 Å². The fraction of sp³-hybridized carbons (Fsp3) is 0. The van der Waals surface area contributed by atoms with Gasteiger partial charge in [0.15, 0.2) is 5.78 Å². The van der Waals surface area contributed by atoms with E-state index in [2.05, 4.69) is 4.98 Å². The van der Waals surface area contributed by atoms with Crippen molar-refractivity contribution in [1.29, 1.82) is 0 Å². The number of ketones is 1. The zero-order valence-electron chi connectivity index (χ0n) is 10.3. The van der Waals surface area contributed by atoms with Crippen LogP contribution < -0.4 is 0 Å². The van der Waals surface area contributed by atoms with Crippen molar-refractivity contribution in [3.05, 3.63) is 76.7 Å². The maximum Gasteiger partial charge on any atom is 0.193 e. The second-order valence-electron chi connectivity index (χ2n) is 4.37. The molecule has 3 aromatic rings. The van der Waals surface area contributed by atoms with Gasteiger partial charge in [0.1, 0.15) is 5.82 Å². The number of hydrogen-bond acceptors (Lipinski definition) is 2. The number of nitrogens with zero attached hydrogens (tertiary/aromatic N) is 1. The number of fused-ring (bicyclic) bond motifs is 1. The van der Waals surface area contributed by atoms with Crippen LogP contribution in [0.5, 0.6) is 0 Å². The largest absolute Gasteiger partial charge is 0.289 e. The Hall–Kier alpha value is -2.26. The summed E-state index contributed by atoms with van der Waals surface area (Å²) in [5, 5.41) is 0.824. The molecular formula is C16H9ClFNO. The Morgan fingerprint density at radius 1 is 1.05 bits per heavy atom. The van der Waals surface area contributed by atoms with Gasteiger partial charge in [0.05, 0.1) is 10.5 Å². The second-order valence-corrected chi connectivity index (χ2v) is 4.78. The summed E-state index contributed by atoms with van der Waals surface area (Å²) in [6, 6.07) is 12.9. The lowest BCUT2D eigenvalue weighted by Gasteiger charge is -2.04. The van der Waals surface area contributed by atoms with Gasteiger partial charge in [-0.3, -0.25) is 9.78 Å². The van der Waals surface area contributed by atoms with Crippen LogP contribution in [0.1, 0.15) is 15.9 Å². The Bertz CT molecular complexity index is 816. The molecule has 3 rings (SSSR count). The number of carbonyl (C=O) groups excluding carboxylic acids is 1. The Morgan fingerprint density at radius 2 is 1.80 bits per heavy atom. The van der Waals surface area contributed by atoms with Crippen LogP contribution in [0.3, 0.4) is 0 Å². The highest BCUT2D eigenvalue weighted by atomic mass is 35.5. The van der Waals surface area contributed by atoms with Gasteiger partial charge in [-0.1, -0.05) is 17.7 Å². The third-order valence-electron chi connectivity index (χ3n) is 3.05. The predicted molar refractivity (Wildman–Crippen MR) is 76.6 cm³/mol. The van der Waals surface area contributed by atoms with Crippen LogP contribution in [-0.4, -0.2) is 10.8 Å². The molecule has 0 amide bonds. The number of hydrogen-bond donors (Lipinski definition) is 0. The van der Waals surface area contributed by atoms with E-state index >= 15 is 0 Å². The van der Waals surface area contributed by atoms with Crippen molar-refractivity contribution in [3.8, 4) is 0 Å². The van der Waals surface area contributed by atoms with Crippen molar-refractivity contribution in [3.63, 3.8) is 0 Å². The molecule has 2 aromatic carbocycles. The fourth-order valence-electron chi connectivity index (χ4n) is 2.02. The summed E-state index contributed by atoms with van der Waals surface area (Å²) in [7, 11) is 0. The summed E-state index contributed by atoms with van der Waals surface area (Å²) in [6.07, 6.45) is 1.70. The molecule has 0 fully saturated rings. The lowest BCUT2D eigenvalue weighted by molar-refractivity contribution is 0.103. The van der Waals surface area contributed by atoms with E-state index in [1.54, 1.807) is 24.4 Å². The molecule has 1 heterocycles. The molecule has 0 saturated heterocycles. The van der Waals surface area contributed by atoms with Gasteiger partial charge in [0.2, 0.25) is 0 Å². The average Bonchev–Trinajstić information content (AvgIpc) is 2.49. The number of rotatable bonds is 2. The lowest BCUT2D eigenvalue weighted by Crippen LogP contribution is -2.01. The maximum atomic E-state index is 13.1. The molecule has 0 aliphatic carbocycles. The summed E-state index contributed by atoms with van der Waals surface area (Å²) < 4.78 is 13.1. The molecule has 1 aromatic heterocycles. The van der Waals surface area contributed by atoms with Crippen molar-refractivity contribution in [1.82, 2.24) is 4.98 Å². The first-order valence-corrected chi connectivity index (χ1v) is 6.37. The van der Waals surface area contributed by atoms with Crippen molar-refractivity contribution in [2.75, 3.05) is 0 Å². The Balaban J connectivity index is 2.05. The Labute approximate surface area is 119 Å². The quantitative estimate of drug-likeness (QED) is 0.659. The van der Waals surface area contributed by atoms with Crippen LogP contribution in [0.25, 0.3) is 10.9 Å². The van der Waals surface area contributed by atoms with Gasteiger partial charge in [-0.2, -0.15) is 0 Å².